The summed E-state index contributed by atoms with van der Waals surface area (Å²) < 4.78 is 11.2. The molecule has 2 unspecified atom stereocenters. The zero-order chi connectivity index (χ0) is 13.7. The van der Waals surface area contributed by atoms with Gasteiger partial charge >= 0.3 is 0 Å². The van der Waals surface area contributed by atoms with E-state index in [-0.39, 0.29) is 0 Å². The maximum Gasteiger partial charge on any atom is 0.142 e. The van der Waals surface area contributed by atoms with Gasteiger partial charge in [-0.15, -0.1) is 0 Å². The average molecular weight is 263 g/mol. The first-order valence-corrected chi connectivity index (χ1v) is 7.25. The standard InChI is InChI=1S/C16H25NO2/c1-4-19-16-10-12(2)8-9-15(16)17-13-6-5-7-14(11-13)18-3/h8-10,13-14,17H,4-7,11H2,1-3H3. The van der Waals surface area contributed by atoms with E-state index in [9.17, 15) is 0 Å². The summed E-state index contributed by atoms with van der Waals surface area (Å²) in [4.78, 5) is 0. The largest absolute Gasteiger partial charge is 0.492 e. The monoisotopic (exact) mass is 263 g/mol. The predicted molar refractivity (Wildman–Crippen MR) is 79.0 cm³/mol. The minimum atomic E-state index is 0.396. The molecule has 0 heterocycles. The SMILES string of the molecule is CCOc1cc(C)ccc1NC1CCCC(OC)C1. The van der Waals surface area contributed by atoms with Crippen LogP contribution in [0.5, 0.6) is 5.75 Å². The molecule has 1 fully saturated rings. The van der Waals surface area contributed by atoms with Gasteiger partial charge in [0.2, 0.25) is 0 Å². The van der Waals surface area contributed by atoms with Crippen LogP contribution in [0, 0.1) is 6.92 Å². The fourth-order valence-electron chi connectivity index (χ4n) is 2.73. The lowest BCUT2D eigenvalue weighted by atomic mass is 9.92. The number of anilines is 1. The smallest absolute Gasteiger partial charge is 0.142 e. The highest BCUT2D eigenvalue weighted by Crippen LogP contribution is 2.30. The van der Waals surface area contributed by atoms with Gasteiger partial charge in [0.25, 0.3) is 0 Å². The Labute approximate surface area is 116 Å². The van der Waals surface area contributed by atoms with E-state index in [0.717, 1.165) is 17.9 Å². The van der Waals surface area contributed by atoms with Gasteiger partial charge < -0.3 is 14.8 Å². The van der Waals surface area contributed by atoms with E-state index in [0.29, 0.717) is 18.8 Å². The summed E-state index contributed by atoms with van der Waals surface area (Å²) in [6, 6.07) is 6.83. The molecule has 19 heavy (non-hydrogen) atoms. The van der Waals surface area contributed by atoms with Gasteiger partial charge in [0, 0.05) is 13.2 Å². The molecule has 106 valence electrons. The van der Waals surface area contributed by atoms with Gasteiger partial charge in [-0.05, 0) is 57.2 Å². The Morgan fingerprint density at radius 2 is 2.16 bits per heavy atom. The van der Waals surface area contributed by atoms with Gasteiger partial charge in [-0.25, -0.2) is 0 Å². The molecule has 0 bridgehead atoms. The van der Waals surface area contributed by atoms with Crippen LogP contribution in [-0.2, 0) is 4.74 Å². The van der Waals surface area contributed by atoms with Crippen LogP contribution in [-0.4, -0.2) is 25.9 Å². The molecule has 1 aromatic carbocycles. The molecule has 2 rings (SSSR count). The average Bonchev–Trinajstić information content (AvgIpc) is 2.42. The van der Waals surface area contributed by atoms with Crippen LogP contribution >= 0.6 is 0 Å². The van der Waals surface area contributed by atoms with E-state index >= 15 is 0 Å². The van der Waals surface area contributed by atoms with Crippen molar-refractivity contribution >= 4 is 5.69 Å². The first-order chi connectivity index (χ1) is 9.22. The summed E-state index contributed by atoms with van der Waals surface area (Å²) in [5.74, 6) is 0.960. The topological polar surface area (TPSA) is 30.5 Å². The Morgan fingerprint density at radius 1 is 1.32 bits per heavy atom. The molecule has 3 heteroatoms. The summed E-state index contributed by atoms with van der Waals surface area (Å²) in [5, 5.41) is 3.62. The van der Waals surface area contributed by atoms with Crippen LogP contribution in [0.2, 0.25) is 0 Å². The molecule has 0 aliphatic heterocycles. The number of nitrogens with one attached hydrogen (secondary N) is 1. The number of hydrogen-bond acceptors (Lipinski definition) is 3. The van der Waals surface area contributed by atoms with Crippen LogP contribution < -0.4 is 10.1 Å². The molecule has 3 nitrogen and oxygen atoms in total. The Hall–Kier alpha value is -1.22. The van der Waals surface area contributed by atoms with Crippen molar-refractivity contribution in [3.8, 4) is 5.75 Å². The molecular formula is C16H25NO2. The minimum Gasteiger partial charge on any atom is -0.492 e. The number of hydrogen-bond donors (Lipinski definition) is 1. The molecule has 1 saturated carbocycles. The molecule has 1 aromatic rings. The van der Waals surface area contributed by atoms with Crippen LogP contribution in [0.15, 0.2) is 18.2 Å². The number of ether oxygens (including phenoxy) is 2. The lowest BCUT2D eigenvalue weighted by Crippen LogP contribution is -2.31. The van der Waals surface area contributed by atoms with E-state index in [1.165, 1.54) is 24.8 Å². The highest BCUT2D eigenvalue weighted by atomic mass is 16.5. The Bertz CT molecular complexity index is 406. The van der Waals surface area contributed by atoms with E-state index in [4.69, 9.17) is 9.47 Å². The minimum absolute atomic E-state index is 0.396. The van der Waals surface area contributed by atoms with Crippen molar-refractivity contribution in [3.05, 3.63) is 23.8 Å². The number of methoxy groups -OCH3 is 1. The lowest BCUT2D eigenvalue weighted by molar-refractivity contribution is 0.0669. The van der Waals surface area contributed by atoms with Crippen molar-refractivity contribution < 1.29 is 9.47 Å². The van der Waals surface area contributed by atoms with Crippen molar-refractivity contribution in [1.29, 1.82) is 0 Å². The summed E-state index contributed by atoms with van der Waals surface area (Å²) in [5.41, 5.74) is 2.33. The predicted octanol–water partition coefficient (Wildman–Crippen LogP) is 3.76. The zero-order valence-electron chi connectivity index (χ0n) is 12.2. The van der Waals surface area contributed by atoms with Gasteiger partial charge in [0.15, 0.2) is 0 Å². The second-order valence-electron chi connectivity index (χ2n) is 5.30. The molecule has 2 atom stereocenters. The van der Waals surface area contributed by atoms with Gasteiger partial charge in [0.1, 0.15) is 5.75 Å². The first-order valence-electron chi connectivity index (χ1n) is 7.25. The number of benzene rings is 1. The Kier molecular flexibility index (Phi) is 5.08. The second kappa shape index (κ2) is 6.80. The lowest BCUT2D eigenvalue weighted by Gasteiger charge is -2.30. The maximum absolute atomic E-state index is 5.72. The maximum atomic E-state index is 5.72. The van der Waals surface area contributed by atoms with Gasteiger partial charge in [-0.1, -0.05) is 6.07 Å². The van der Waals surface area contributed by atoms with Crippen molar-refractivity contribution in [2.75, 3.05) is 19.0 Å². The molecule has 0 amide bonds. The quantitative estimate of drug-likeness (QED) is 0.877. The Balaban J connectivity index is 2.05. The van der Waals surface area contributed by atoms with Crippen LogP contribution in [0.1, 0.15) is 38.2 Å². The molecule has 1 aliphatic carbocycles. The highest BCUT2D eigenvalue weighted by molar-refractivity contribution is 5.58. The fourth-order valence-corrected chi connectivity index (χ4v) is 2.73. The summed E-state index contributed by atoms with van der Waals surface area (Å²) >= 11 is 0. The Morgan fingerprint density at radius 3 is 2.89 bits per heavy atom. The van der Waals surface area contributed by atoms with Gasteiger partial charge in [-0.2, -0.15) is 0 Å². The van der Waals surface area contributed by atoms with Gasteiger partial charge in [-0.3, -0.25) is 0 Å². The fraction of sp³-hybridized carbons (Fsp3) is 0.625. The highest BCUT2D eigenvalue weighted by Gasteiger charge is 2.22. The molecule has 0 spiro atoms. The first kappa shape index (κ1) is 14.2. The van der Waals surface area contributed by atoms with Crippen molar-refractivity contribution in [1.82, 2.24) is 0 Å². The summed E-state index contributed by atoms with van der Waals surface area (Å²) in [6.45, 7) is 4.81. The van der Waals surface area contributed by atoms with Crippen LogP contribution in [0.4, 0.5) is 5.69 Å². The summed E-state index contributed by atoms with van der Waals surface area (Å²) in [6.07, 6.45) is 5.09. The number of aryl methyl sites for hydroxylation is 1. The van der Waals surface area contributed by atoms with E-state index in [1.807, 2.05) is 14.0 Å². The third-order valence-corrected chi connectivity index (χ3v) is 3.76. The van der Waals surface area contributed by atoms with E-state index < -0.39 is 0 Å². The molecular weight excluding hydrogens is 238 g/mol. The molecule has 1 N–H and O–H groups in total. The van der Waals surface area contributed by atoms with Crippen molar-refractivity contribution in [2.24, 2.45) is 0 Å². The molecule has 0 aromatic heterocycles. The van der Waals surface area contributed by atoms with Crippen molar-refractivity contribution in [2.45, 2.75) is 51.7 Å². The zero-order valence-corrected chi connectivity index (χ0v) is 12.2. The second-order valence-corrected chi connectivity index (χ2v) is 5.30. The van der Waals surface area contributed by atoms with Crippen LogP contribution in [0.25, 0.3) is 0 Å². The molecule has 1 aliphatic rings. The third-order valence-electron chi connectivity index (χ3n) is 3.76. The normalized spacial score (nSPS) is 23.1. The van der Waals surface area contributed by atoms with E-state index in [2.05, 4.69) is 30.4 Å². The van der Waals surface area contributed by atoms with Gasteiger partial charge in [0.05, 0.1) is 18.4 Å². The van der Waals surface area contributed by atoms with E-state index in [1.54, 1.807) is 0 Å². The van der Waals surface area contributed by atoms with Crippen molar-refractivity contribution in [3.63, 3.8) is 0 Å². The number of rotatable bonds is 5. The molecule has 0 saturated heterocycles. The molecule has 0 radical (unpaired) electrons. The van der Waals surface area contributed by atoms with Crippen LogP contribution in [0.3, 0.4) is 0 Å². The third kappa shape index (κ3) is 3.87. The summed E-state index contributed by atoms with van der Waals surface area (Å²) in [7, 11) is 1.81.